The number of carbonyl (C=O) groups is 1. The Morgan fingerprint density at radius 3 is 2.89 bits per heavy atom. The van der Waals surface area contributed by atoms with E-state index in [9.17, 15) is 4.79 Å². The minimum absolute atomic E-state index is 0.0992. The first-order valence-corrected chi connectivity index (χ1v) is 6.22. The summed E-state index contributed by atoms with van der Waals surface area (Å²) in [5.74, 6) is 6.60. The van der Waals surface area contributed by atoms with Crippen molar-refractivity contribution < 1.29 is 4.79 Å². The van der Waals surface area contributed by atoms with Gasteiger partial charge in [-0.05, 0) is 37.0 Å². The fraction of sp³-hybridized carbons (Fsp3) is 0.400. The summed E-state index contributed by atoms with van der Waals surface area (Å²) in [5, 5.41) is 2.96. The molecule has 0 heterocycles. The van der Waals surface area contributed by atoms with Gasteiger partial charge in [-0.3, -0.25) is 4.79 Å². The zero-order valence-electron chi connectivity index (χ0n) is 10.8. The van der Waals surface area contributed by atoms with Gasteiger partial charge in [-0.15, -0.1) is 0 Å². The van der Waals surface area contributed by atoms with Crippen LogP contribution in [-0.2, 0) is 4.79 Å². The van der Waals surface area contributed by atoms with Crippen molar-refractivity contribution in [2.24, 2.45) is 17.6 Å². The van der Waals surface area contributed by atoms with Crippen LogP contribution in [0.1, 0.15) is 24.5 Å². The van der Waals surface area contributed by atoms with Gasteiger partial charge in [0.15, 0.2) is 0 Å². The number of nitrogens with one attached hydrogen (secondary N) is 1. The lowest BCUT2D eigenvalue weighted by Gasteiger charge is -2.08. The molecule has 2 atom stereocenters. The third-order valence-corrected chi connectivity index (χ3v) is 3.20. The standard InChI is InChI=1S/C15H18N2O/c1-10-5-6-14(12(8-10)4-3-7-16)17-15(18)13-9-11(13)2/h5-6,8,11,13H,7,9,16H2,1-2H3,(H,17,18). The van der Waals surface area contributed by atoms with E-state index in [1.807, 2.05) is 25.1 Å². The first kappa shape index (κ1) is 12.7. The van der Waals surface area contributed by atoms with E-state index in [0.29, 0.717) is 12.5 Å². The molecule has 18 heavy (non-hydrogen) atoms. The topological polar surface area (TPSA) is 55.1 Å². The van der Waals surface area contributed by atoms with Crippen molar-refractivity contribution >= 4 is 11.6 Å². The Kier molecular flexibility index (Phi) is 3.69. The minimum Gasteiger partial charge on any atom is -0.325 e. The molecule has 1 aliphatic rings. The van der Waals surface area contributed by atoms with Crippen LogP contribution in [0.3, 0.4) is 0 Å². The van der Waals surface area contributed by atoms with E-state index in [2.05, 4.69) is 24.1 Å². The van der Waals surface area contributed by atoms with E-state index in [1.165, 1.54) is 0 Å². The number of anilines is 1. The summed E-state index contributed by atoms with van der Waals surface area (Å²) in [6.45, 7) is 4.41. The molecule has 3 heteroatoms. The molecule has 1 amide bonds. The van der Waals surface area contributed by atoms with E-state index in [0.717, 1.165) is 23.2 Å². The molecule has 0 bridgehead atoms. The number of amides is 1. The number of rotatable bonds is 2. The fourth-order valence-corrected chi connectivity index (χ4v) is 1.93. The number of carbonyl (C=O) groups excluding carboxylic acids is 1. The van der Waals surface area contributed by atoms with E-state index in [1.54, 1.807) is 0 Å². The Morgan fingerprint density at radius 1 is 1.56 bits per heavy atom. The number of hydrogen-bond acceptors (Lipinski definition) is 2. The second-order valence-electron chi connectivity index (χ2n) is 4.86. The van der Waals surface area contributed by atoms with Crippen molar-refractivity contribution in [3.05, 3.63) is 29.3 Å². The Hall–Kier alpha value is -1.79. The zero-order chi connectivity index (χ0) is 13.1. The highest BCUT2D eigenvalue weighted by molar-refractivity contribution is 5.95. The van der Waals surface area contributed by atoms with Crippen molar-refractivity contribution in [3.63, 3.8) is 0 Å². The SMILES string of the molecule is Cc1ccc(NC(=O)C2CC2C)c(C#CCN)c1. The third kappa shape index (κ3) is 2.91. The van der Waals surface area contributed by atoms with Crippen molar-refractivity contribution in [1.29, 1.82) is 0 Å². The lowest BCUT2D eigenvalue weighted by Crippen LogP contribution is -2.15. The van der Waals surface area contributed by atoms with Gasteiger partial charge < -0.3 is 11.1 Å². The van der Waals surface area contributed by atoms with Crippen molar-refractivity contribution in [2.75, 3.05) is 11.9 Å². The van der Waals surface area contributed by atoms with Crippen molar-refractivity contribution in [2.45, 2.75) is 20.3 Å². The normalized spacial score (nSPS) is 20.8. The summed E-state index contributed by atoms with van der Waals surface area (Å²) >= 11 is 0. The van der Waals surface area contributed by atoms with Crippen LogP contribution in [-0.4, -0.2) is 12.5 Å². The Morgan fingerprint density at radius 2 is 2.28 bits per heavy atom. The largest absolute Gasteiger partial charge is 0.325 e. The van der Waals surface area contributed by atoms with Crippen molar-refractivity contribution in [3.8, 4) is 11.8 Å². The van der Waals surface area contributed by atoms with Gasteiger partial charge in [0.25, 0.3) is 0 Å². The predicted molar refractivity (Wildman–Crippen MR) is 73.0 cm³/mol. The summed E-state index contributed by atoms with van der Waals surface area (Å²) < 4.78 is 0. The molecular formula is C15H18N2O. The van der Waals surface area contributed by atoms with Crippen LogP contribution >= 0.6 is 0 Å². The number of aryl methyl sites for hydroxylation is 1. The quantitative estimate of drug-likeness (QED) is 0.778. The van der Waals surface area contributed by atoms with E-state index in [-0.39, 0.29) is 11.8 Å². The molecule has 0 aromatic heterocycles. The van der Waals surface area contributed by atoms with Crippen LogP contribution in [0.15, 0.2) is 18.2 Å². The van der Waals surface area contributed by atoms with Crippen LogP contribution in [0, 0.1) is 30.6 Å². The van der Waals surface area contributed by atoms with Gasteiger partial charge in [-0.2, -0.15) is 0 Å². The van der Waals surface area contributed by atoms with E-state index >= 15 is 0 Å². The average Bonchev–Trinajstić information content (AvgIpc) is 3.07. The number of nitrogens with two attached hydrogens (primary N) is 1. The number of hydrogen-bond donors (Lipinski definition) is 2. The summed E-state index contributed by atoms with van der Waals surface area (Å²) in [7, 11) is 0. The molecule has 2 unspecified atom stereocenters. The van der Waals surface area contributed by atoms with Crippen LogP contribution in [0.2, 0.25) is 0 Å². The highest BCUT2D eigenvalue weighted by Gasteiger charge is 2.39. The Balaban J connectivity index is 2.18. The molecule has 2 rings (SSSR count). The molecule has 1 fully saturated rings. The summed E-state index contributed by atoms with van der Waals surface area (Å²) in [6, 6.07) is 5.84. The van der Waals surface area contributed by atoms with Crippen LogP contribution in [0.5, 0.6) is 0 Å². The van der Waals surface area contributed by atoms with Gasteiger partial charge in [0, 0.05) is 11.5 Å². The highest BCUT2D eigenvalue weighted by Crippen LogP contribution is 2.38. The van der Waals surface area contributed by atoms with Gasteiger partial charge in [-0.1, -0.05) is 24.8 Å². The molecule has 0 aliphatic heterocycles. The second-order valence-corrected chi connectivity index (χ2v) is 4.86. The second kappa shape index (κ2) is 5.24. The van der Waals surface area contributed by atoms with Crippen LogP contribution in [0.4, 0.5) is 5.69 Å². The van der Waals surface area contributed by atoms with Crippen LogP contribution < -0.4 is 11.1 Å². The molecule has 0 spiro atoms. The van der Waals surface area contributed by atoms with E-state index < -0.39 is 0 Å². The molecule has 94 valence electrons. The zero-order valence-corrected chi connectivity index (χ0v) is 10.8. The van der Waals surface area contributed by atoms with Gasteiger partial charge in [-0.25, -0.2) is 0 Å². The monoisotopic (exact) mass is 242 g/mol. The summed E-state index contributed by atoms with van der Waals surface area (Å²) in [6.07, 6.45) is 0.988. The molecule has 1 aromatic rings. The van der Waals surface area contributed by atoms with Crippen molar-refractivity contribution in [1.82, 2.24) is 0 Å². The lowest BCUT2D eigenvalue weighted by molar-refractivity contribution is -0.117. The molecule has 3 N–H and O–H groups in total. The minimum atomic E-state index is 0.0992. The Bertz CT molecular complexity index is 525. The maximum Gasteiger partial charge on any atom is 0.227 e. The highest BCUT2D eigenvalue weighted by atomic mass is 16.2. The molecule has 1 saturated carbocycles. The average molecular weight is 242 g/mol. The van der Waals surface area contributed by atoms with Crippen LogP contribution in [0.25, 0.3) is 0 Å². The molecule has 3 nitrogen and oxygen atoms in total. The molecule has 1 aliphatic carbocycles. The van der Waals surface area contributed by atoms with Gasteiger partial charge in [0.1, 0.15) is 0 Å². The molecule has 1 aromatic carbocycles. The van der Waals surface area contributed by atoms with E-state index in [4.69, 9.17) is 5.73 Å². The number of benzene rings is 1. The fourth-order valence-electron chi connectivity index (χ4n) is 1.93. The van der Waals surface area contributed by atoms with Gasteiger partial charge >= 0.3 is 0 Å². The maximum atomic E-state index is 11.9. The first-order valence-electron chi connectivity index (χ1n) is 6.22. The molecule has 0 radical (unpaired) electrons. The lowest BCUT2D eigenvalue weighted by atomic mass is 10.1. The predicted octanol–water partition coefficient (Wildman–Crippen LogP) is 1.90. The van der Waals surface area contributed by atoms with Gasteiger partial charge in [0.05, 0.1) is 12.2 Å². The first-order chi connectivity index (χ1) is 8.61. The maximum absolute atomic E-state index is 11.9. The smallest absolute Gasteiger partial charge is 0.227 e. The third-order valence-electron chi connectivity index (χ3n) is 3.20. The summed E-state index contributed by atoms with van der Waals surface area (Å²) in [5.41, 5.74) is 8.12. The summed E-state index contributed by atoms with van der Waals surface area (Å²) in [4.78, 5) is 11.9. The molecular weight excluding hydrogens is 224 g/mol. The molecule has 0 saturated heterocycles. The van der Waals surface area contributed by atoms with Gasteiger partial charge in [0.2, 0.25) is 5.91 Å². The Labute approximate surface area is 108 Å².